The van der Waals surface area contributed by atoms with Gasteiger partial charge in [-0.25, -0.2) is 0 Å². The number of benzene rings is 1. The van der Waals surface area contributed by atoms with Crippen LogP contribution in [-0.2, 0) is 14.4 Å². The van der Waals surface area contributed by atoms with Crippen LogP contribution in [0.25, 0.3) is 0 Å². The first-order chi connectivity index (χ1) is 9.56. The summed E-state index contributed by atoms with van der Waals surface area (Å²) in [5, 5.41) is 14.0. The van der Waals surface area contributed by atoms with E-state index in [1.807, 2.05) is 30.3 Å². The largest absolute Gasteiger partial charge is 0.480 e. The minimum atomic E-state index is -1.06. The third-order valence-corrected chi connectivity index (χ3v) is 2.90. The summed E-state index contributed by atoms with van der Waals surface area (Å²) in [5.41, 5.74) is 0.815. The zero-order valence-electron chi connectivity index (χ0n) is 10.7. The fourth-order valence-electron chi connectivity index (χ4n) is 1.89. The van der Waals surface area contributed by atoms with Gasteiger partial charge in [-0.15, -0.1) is 0 Å². The van der Waals surface area contributed by atoms with Gasteiger partial charge in [-0.3, -0.25) is 14.4 Å². The first-order valence-corrected chi connectivity index (χ1v) is 6.15. The van der Waals surface area contributed by atoms with Crippen LogP contribution in [0.15, 0.2) is 30.3 Å². The Morgan fingerprint density at radius 3 is 2.60 bits per heavy atom. The molecule has 0 aromatic heterocycles. The van der Waals surface area contributed by atoms with Crippen LogP contribution in [0.3, 0.4) is 0 Å². The average molecular weight is 277 g/mol. The molecular formula is C13H15N3O4. The van der Waals surface area contributed by atoms with Gasteiger partial charge in [-0.05, 0) is 12.1 Å². The maximum absolute atomic E-state index is 11.6. The number of rotatable bonds is 6. The van der Waals surface area contributed by atoms with E-state index in [-0.39, 0.29) is 31.4 Å². The molecule has 0 bridgehead atoms. The Bertz CT molecular complexity index is 518. The standard InChI is InChI=1S/C13H15N3O4/c17-11(6-14-9-4-2-1-3-5-9)15-10-7-16(13(10)20)8-12(18)19/h1-5,10,14H,6-8H2,(H,15,17)(H,18,19). The molecule has 106 valence electrons. The molecule has 1 unspecified atom stereocenters. The van der Waals surface area contributed by atoms with Crippen molar-refractivity contribution in [3.63, 3.8) is 0 Å². The molecule has 7 nitrogen and oxygen atoms in total. The lowest BCUT2D eigenvalue weighted by atomic mass is 10.1. The quantitative estimate of drug-likeness (QED) is 0.609. The summed E-state index contributed by atoms with van der Waals surface area (Å²) in [5.74, 6) is -1.73. The van der Waals surface area contributed by atoms with Gasteiger partial charge in [0.25, 0.3) is 0 Å². The number of nitrogens with one attached hydrogen (secondary N) is 2. The van der Waals surface area contributed by atoms with E-state index in [1.165, 1.54) is 4.90 Å². The fourth-order valence-corrected chi connectivity index (χ4v) is 1.89. The minimum Gasteiger partial charge on any atom is -0.480 e. The molecule has 1 saturated heterocycles. The summed E-state index contributed by atoms with van der Waals surface area (Å²) in [4.78, 5) is 34.8. The Hall–Kier alpha value is -2.57. The van der Waals surface area contributed by atoms with Crippen LogP contribution in [-0.4, -0.2) is 53.5 Å². The van der Waals surface area contributed by atoms with E-state index in [0.29, 0.717) is 0 Å². The Kier molecular flexibility index (Phi) is 4.19. The van der Waals surface area contributed by atoms with E-state index >= 15 is 0 Å². The van der Waals surface area contributed by atoms with Crippen LogP contribution in [0.5, 0.6) is 0 Å². The smallest absolute Gasteiger partial charge is 0.323 e. The second-order valence-electron chi connectivity index (χ2n) is 4.45. The number of carbonyl (C=O) groups is 3. The molecule has 1 aromatic carbocycles. The molecule has 1 heterocycles. The van der Waals surface area contributed by atoms with Crippen molar-refractivity contribution in [1.82, 2.24) is 10.2 Å². The van der Waals surface area contributed by atoms with Crippen molar-refractivity contribution >= 4 is 23.5 Å². The number of aliphatic carboxylic acids is 1. The summed E-state index contributed by atoms with van der Waals surface area (Å²) < 4.78 is 0. The fraction of sp³-hybridized carbons (Fsp3) is 0.308. The van der Waals surface area contributed by atoms with E-state index < -0.39 is 12.0 Å². The van der Waals surface area contributed by atoms with E-state index in [2.05, 4.69) is 10.6 Å². The zero-order valence-corrected chi connectivity index (χ0v) is 10.7. The first-order valence-electron chi connectivity index (χ1n) is 6.15. The van der Waals surface area contributed by atoms with Crippen LogP contribution in [0.4, 0.5) is 5.69 Å². The van der Waals surface area contributed by atoms with Gasteiger partial charge in [0.1, 0.15) is 12.6 Å². The van der Waals surface area contributed by atoms with Crippen molar-refractivity contribution in [2.45, 2.75) is 6.04 Å². The Balaban J connectivity index is 1.71. The van der Waals surface area contributed by atoms with Gasteiger partial charge in [0.15, 0.2) is 0 Å². The normalized spacial score (nSPS) is 17.3. The topological polar surface area (TPSA) is 98.7 Å². The molecule has 2 rings (SSSR count). The van der Waals surface area contributed by atoms with E-state index in [1.54, 1.807) is 0 Å². The van der Waals surface area contributed by atoms with Crippen molar-refractivity contribution in [2.24, 2.45) is 0 Å². The van der Waals surface area contributed by atoms with Crippen LogP contribution in [0, 0.1) is 0 Å². The Labute approximate surface area is 115 Å². The molecule has 1 aliphatic rings. The van der Waals surface area contributed by atoms with Gasteiger partial charge in [0.2, 0.25) is 11.8 Å². The first kappa shape index (κ1) is 13.9. The molecule has 1 fully saturated rings. The van der Waals surface area contributed by atoms with Crippen molar-refractivity contribution in [2.75, 3.05) is 25.0 Å². The second kappa shape index (κ2) is 6.05. The molecule has 3 N–H and O–H groups in total. The monoisotopic (exact) mass is 277 g/mol. The van der Waals surface area contributed by atoms with E-state index in [0.717, 1.165) is 5.69 Å². The number of carboxylic acids is 1. The number of amides is 2. The Morgan fingerprint density at radius 2 is 2.00 bits per heavy atom. The maximum Gasteiger partial charge on any atom is 0.323 e. The summed E-state index contributed by atoms with van der Waals surface area (Å²) in [6.07, 6.45) is 0. The number of likely N-dealkylation sites (tertiary alicyclic amines) is 1. The number of β-lactam (4-membered cyclic amide) rings is 1. The number of carbonyl (C=O) groups excluding carboxylic acids is 2. The van der Waals surface area contributed by atoms with Crippen LogP contribution in [0.2, 0.25) is 0 Å². The summed E-state index contributed by atoms with van der Waals surface area (Å²) >= 11 is 0. The van der Waals surface area contributed by atoms with Crippen LogP contribution >= 0.6 is 0 Å². The lowest BCUT2D eigenvalue weighted by Crippen LogP contribution is -2.65. The summed E-state index contributed by atoms with van der Waals surface area (Å²) in [6, 6.07) is 8.61. The molecular weight excluding hydrogens is 262 g/mol. The predicted molar refractivity (Wildman–Crippen MR) is 71.1 cm³/mol. The number of para-hydroxylation sites is 1. The van der Waals surface area contributed by atoms with Crippen molar-refractivity contribution < 1.29 is 19.5 Å². The molecule has 0 spiro atoms. The molecule has 20 heavy (non-hydrogen) atoms. The summed E-state index contributed by atoms with van der Waals surface area (Å²) in [7, 11) is 0. The molecule has 7 heteroatoms. The zero-order chi connectivity index (χ0) is 14.5. The average Bonchev–Trinajstić information content (AvgIpc) is 2.44. The number of carboxylic acid groups (broad SMARTS) is 1. The molecule has 2 amide bonds. The van der Waals surface area contributed by atoms with Crippen LogP contribution in [0.1, 0.15) is 0 Å². The highest BCUT2D eigenvalue weighted by atomic mass is 16.4. The number of nitrogens with zero attached hydrogens (tertiary/aromatic N) is 1. The number of hydrogen-bond donors (Lipinski definition) is 3. The van der Waals surface area contributed by atoms with Gasteiger partial charge >= 0.3 is 5.97 Å². The van der Waals surface area contributed by atoms with Gasteiger partial charge in [0.05, 0.1) is 13.1 Å². The minimum absolute atomic E-state index is 0.0622. The van der Waals surface area contributed by atoms with Crippen molar-refractivity contribution in [1.29, 1.82) is 0 Å². The highest BCUT2D eigenvalue weighted by Crippen LogP contribution is 2.09. The van der Waals surface area contributed by atoms with Gasteiger partial charge < -0.3 is 20.6 Å². The van der Waals surface area contributed by atoms with Gasteiger partial charge in [0, 0.05) is 5.69 Å². The number of anilines is 1. The maximum atomic E-state index is 11.6. The lowest BCUT2D eigenvalue weighted by Gasteiger charge is -2.37. The third kappa shape index (κ3) is 3.47. The highest BCUT2D eigenvalue weighted by Gasteiger charge is 2.38. The summed E-state index contributed by atoms with van der Waals surface area (Å²) in [6.45, 7) is -0.0254. The van der Waals surface area contributed by atoms with E-state index in [9.17, 15) is 14.4 Å². The predicted octanol–water partition coefficient (Wildman–Crippen LogP) is -0.490. The Morgan fingerprint density at radius 1 is 1.30 bits per heavy atom. The molecule has 0 radical (unpaired) electrons. The van der Waals surface area contributed by atoms with E-state index in [4.69, 9.17) is 5.11 Å². The third-order valence-electron chi connectivity index (χ3n) is 2.90. The molecule has 1 aromatic rings. The molecule has 1 aliphatic heterocycles. The van der Waals surface area contributed by atoms with Crippen molar-refractivity contribution in [3.8, 4) is 0 Å². The second-order valence-corrected chi connectivity index (χ2v) is 4.45. The molecule has 1 atom stereocenters. The van der Waals surface area contributed by atoms with Gasteiger partial charge in [-0.1, -0.05) is 18.2 Å². The highest BCUT2D eigenvalue weighted by molar-refractivity contribution is 5.94. The SMILES string of the molecule is O=C(O)CN1CC(NC(=O)CNc2ccccc2)C1=O. The lowest BCUT2D eigenvalue weighted by molar-refractivity contribution is -0.153. The van der Waals surface area contributed by atoms with Crippen molar-refractivity contribution in [3.05, 3.63) is 30.3 Å². The van der Waals surface area contributed by atoms with Crippen LogP contribution < -0.4 is 10.6 Å². The molecule has 0 aliphatic carbocycles. The van der Waals surface area contributed by atoms with Gasteiger partial charge in [-0.2, -0.15) is 0 Å². The molecule has 0 saturated carbocycles. The number of hydrogen-bond acceptors (Lipinski definition) is 4.